The van der Waals surface area contributed by atoms with Crippen LogP contribution in [0.5, 0.6) is 0 Å². The van der Waals surface area contributed by atoms with Crippen molar-refractivity contribution < 1.29 is 23.2 Å². The number of unbranched alkanes of at least 4 members (excludes halogenated alkanes) is 5. The molecule has 1 aliphatic rings. The first-order valence-electron chi connectivity index (χ1n) is 16.0. The van der Waals surface area contributed by atoms with Gasteiger partial charge in [-0.1, -0.05) is 80.2 Å². The van der Waals surface area contributed by atoms with Gasteiger partial charge < -0.3 is 13.6 Å². The zero-order chi connectivity index (χ0) is 30.8. The fourth-order valence-electron chi connectivity index (χ4n) is 4.93. The Bertz CT molecular complexity index is 820. The van der Waals surface area contributed by atoms with E-state index in [1.807, 2.05) is 0 Å². The summed E-state index contributed by atoms with van der Waals surface area (Å²) in [6, 6.07) is 0. The summed E-state index contributed by atoms with van der Waals surface area (Å²) in [4.78, 5) is 24.8. The maximum Gasteiger partial charge on any atom is 0.305 e. The van der Waals surface area contributed by atoms with Gasteiger partial charge in [0.25, 0.3) is 0 Å². The van der Waals surface area contributed by atoms with Gasteiger partial charge in [-0.25, -0.2) is 0 Å². The highest BCUT2D eigenvalue weighted by Crippen LogP contribution is 2.44. The van der Waals surface area contributed by atoms with Crippen LogP contribution in [0.3, 0.4) is 0 Å². The normalized spacial score (nSPS) is 20.8. The van der Waals surface area contributed by atoms with E-state index in [1.54, 1.807) is 0 Å². The largest absolute Gasteiger partial charge is 0.469 e. The number of methoxy groups -OCH3 is 1. The van der Waals surface area contributed by atoms with Crippen LogP contribution in [0, 0.1) is 5.92 Å². The number of hydrogen-bond acceptors (Lipinski definition) is 5. The molecule has 0 aromatic carbocycles. The molecule has 0 N–H and O–H groups in total. The molecule has 1 rings (SSSR count). The molecule has 5 nitrogen and oxygen atoms in total. The van der Waals surface area contributed by atoms with Crippen LogP contribution in [0.25, 0.3) is 0 Å². The van der Waals surface area contributed by atoms with E-state index in [-0.39, 0.29) is 40.0 Å². The number of ether oxygens (including phenoxy) is 1. The molecule has 7 heteroatoms. The van der Waals surface area contributed by atoms with Gasteiger partial charge in [0.1, 0.15) is 0 Å². The van der Waals surface area contributed by atoms with Crippen molar-refractivity contribution in [2.45, 2.75) is 174 Å². The predicted molar refractivity (Wildman–Crippen MR) is 174 cm³/mol. The Kier molecular flexibility index (Phi) is 15.1. The van der Waals surface area contributed by atoms with Crippen LogP contribution in [0.1, 0.15) is 126 Å². The van der Waals surface area contributed by atoms with E-state index in [2.05, 4.69) is 80.7 Å². The smallest absolute Gasteiger partial charge is 0.305 e. The van der Waals surface area contributed by atoms with Crippen molar-refractivity contribution in [2.24, 2.45) is 5.92 Å². The van der Waals surface area contributed by atoms with Gasteiger partial charge in [0.2, 0.25) is 0 Å². The molecule has 0 spiro atoms. The van der Waals surface area contributed by atoms with Crippen molar-refractivity contribution in [3.05, 3.63) is 11.6 Å². The van der Waals surface area contributed by atoms with Crippen molar-refractivity contribution >= 4 is 28.4 Å². The molecule has 0 radical (unpaired) electrons. The number of rotatable bonds is 17. The van der Waals surface area contributed by atoms with Gasteiger partial charge in [-0.05, 0) is 80.4 Å². The molecule has 40 heavy (non-hydrogen) atoms. The highest BCUT2D eigenvalue weighted by Gasteiger charge is 2.46. The van der Waals surface area contributed by atoms with Crippen molar-refractivity contribution in [2.75, 3.05) is 7.11 Å². The third-order valence-electron chi connectivity index (χ3n) is 9.68. The number of ketones is 1. The number of allylic oxidation sites excluding steroid dienone is 1. The summed E-state index contributed by atoms with van der Waals surface area (Å²) in [5.41, 5.74) is 0.983. The second-order valence-corrected chi connectivity index (χ2v) is 24.6. The third-order valence-corrected chi connectivity index (χ3v) is 18.7. The minimum atomic E-state index is -2.03. The zero-order valence-electron chi connectivity index (χ0n) is 28.3. The summed E-state index contributed by atoms with van der Waals surface area (Å²) in [5, 5.41) is 0.271. The van der Waals surface area contributed by atoms with Gasteiger partial charge in [0, 0.05) is 24.9 Å². The summed E-state index contributed by atoms with van der Waals surface area (Å²) >= 11 is 0. The summed E-state index contributed by atoms with van der Waals surface area (Å²) in [6.45, 7) is 25.3. The molecule has 0 saturated heterocycles. The molecule has 1 aliphatic carbocycles. The Labute approximate surface area is 249 Å². The molecule has 0 aliphatic heterocycles. The minimum Gasteiger partial charge on any atom is -0.469 e. The number of hydrogen-bond donors (Lipinski definition) is 0. The minimum absolute atomic E-state index is 0.0388. The van der Waals surface area contributed by atoms with E-state index >= 15 is 0 Å². The van der Waals surface area contributed by atoms with Crippen LogP contribution < -0.4 is 0 Å². The molecule has 0 aromatic rings. The molecule has 3 atom stereocenters. The van der Waals surface area contributed by atoms with E-state index in [1.165, 1.54) is 26.4 Å². The average molecular weight is 597 g/mol. The van der Waals surface area contributed by atoms with Crippen LogP contribution in [0.15, 0.2) is 11.6 Å². The van der Waals surface area contributed by atoms with Gasteiger partial charge in [0.05, 0.1) is 13.2 Å². The summed E-state index contributed by atoms with van der Waals surface area (Å²) in [7, 11) is -2.49. The maximum absolute atomic E-state index is 13.4. The summed E-state index contributed by atoms with van der Waals surface area (Å²) in [6.07, 6.45) is 13.6. The van der Waals surface area contributed by atoms with Crippen LogP contribution in [0.2, 0.25) is 36.3 Å². The van der Waals surface area contributed by atoms with Crippen molar-refractivity contribution in [3.8, 4) is 0 Å². The average Bonchev–Trinajstić information content (AvgIpc) is 3.10. The van der Waals surface area contributed by atoms with Gasteiger partial charge in [-0.2, -0.15) is 0 Å². The van der Waals surface area contributed by atoms with Gasteiger partial charge in [0.15, 0.2) is 22.4 Å². The Morgan fingerprint density at radius 3 is 2.10 bits per heavy atom. The number of esters is 1. The Morgan fingerprint density at radius 2 is 1.55 bits per heavy atom. The van der Waals surface area contributed by atoms with E-state index in [0.717, 1.165) is 50.5 Å². The van der Waals surface area contributed by atoms with Crippen LogP contribution in [-0.2, 0) is 23.2 Å². The second-order valence-electron chi connectivity index (χ2n) is 15.1. The fourth-order valence-corrected chi connectivity index (χ4v) is 7.71. The molecule has 0 aromatic heterocycles. The first kappa shape index (κ1) is 37.3. The van der Waals surface area contributed by atoms with E-state index in [0.29, 0.717) is 12.8 Å². The van der Waals surface area contributed by atoms with Crippen molar-refractivity contribution in [1.82, 2.24) is 0 Å². The highest BCUT2D eigenvalue weighted by atomic mass is 28.4. The molecular formula is C33H64O5Si2. The molecule has 0 heterocycles. The van der Waals surface area contributed by atoms with Crippen LogP contribution in [0.4, 0.5) is 0 Å². The Balaban J connectivity index is 3.11. The van der Waals surface area contributed by atoms with Gasteiger partial charge >= 0.3 is 5.97 Å². The first-order valence-corrected chi connectivity index (χ1v) is 21.8. The molecule has 1 saturated carbocycles. The third kappa shape index (κ3) is 11.8. The van der Waals surface area contributed by atoms with Crippen LogP contribution in [-0.4, -0.2) is 47.7 Å². The predicted octanol–water partition coefficient (Wildman–Crippen LogP) is 9.77. The Morgan fingerprint density at radius 1 is 0.925 bits per heavy atom. The second kappa shape index (κ2) is 16.2. The first-order chi connectivity index (χ1) is 18.4. The lowest BCUT2D eigenvalue weighted by Gasteiger charge is -2.41. The summed E-state index contributed by atoms with van der Waals surface area (Å²) < 4.78 is 18.7. The van der Waals surface area contributed by atoms with E-state index < -0.39 is 16.6 Å². The molecule has 234 valence electrons. The molecule has 1 fully saturated rings. The lowest BCUT2D eigenvalue weighted by molar-refractivity contribution is -0.140. The molecule has 0 bridgehead atoms. The van der Waals surface area contributed by atoms with Crippen molar-refractivity contribution in [1.29, 1.82) is 0 Å². The van der Waals surface area contributed by atoms with Gasteiger partial charge in [-0.15, -0.1) is 0 Å². The number of carbonyl (C=O) groups is 2. The fraction of sp³-hybridized carbons (Fsp3) is 0.879. The Hall–Kier alpha value is -0.766. The molecule has 0 amide bonds. The van der Waals surface area contributed by atoms with Gasteiger partial charge in [-0.3, -0.25) is 9.59 Å². The van der Waals surface area contributed by atoms with E-state index in [9.17, 15) is 9.59 Å². The number of carbonyl (C=O) groups excluding carboxylic acids is 2. The SMILES string of the molecule is CCCCC[C@@H](CC[C@@H]1/C(=C\CCCCCC(=O)OC)C(=O)C[C@H]1O[Si](C)(C)C(C)(C)C)O[Si](C)(C)C(C)(C)C. The monoisotopic (exact) mass is 596 g/mol. The van der Waals surface area contributed by atoms with Crippen LogP contribution >= 0.6 is 0 Å². The van der Waals surface area contributed by atoms with E-state index in [4.69, 9.17) is 13.6 Å². The highest BCUT2D eigenvalue weighted by molar-refractivity contribution is 6.74. The quantitative estimate of drug-likeness (QED) is 0.0724. The van der Waals surface area contributed by atoms with Crippen molar-refractivity contribution in [3.63, 3.8) is 0 Å². The standard InChI is InChI=1S/C33H64O5Si2/c1-13-14-17-20-26(37-39(9,10)32(2,3)4)23-24-28-27(21-18-15-16-19-22-31(35)36-8)29(34)25-30(28)38-40(11,12)33(5,6)7/h21,26,28,30H,13-20,22-25H2,1-12H3/b27-21+/t26-,28+,30+/m0/s1. The lowest BCUT2D eigenvalue weighted by atomic mass is 9.91. The number of Topliss-reactive ketones (excluding diaryl/α,β-unsaturated/α-hetero) is 1. The zero-order valence-corrected chi connectivity index (χ0v) is 30.3. The molecule has 0 unspecified atom stereocenters. The summed E-state index contributed by atoms with van der Waals surface area (Å²) in [5.74, 6) is 0.243. The maximum atomic E-state index is 13.4. The molecular weight excluding hydrogens is 533 g/mol. The topological polar surface area (TPSA) is 61.8 Å². The lowest BCUT2D eigenvalue weighted by Crippen LogP contribution is -2.45.